The predicted molar refractivity (Wildman–Crippen MR) is 66.2 cm³/mol. The molecule has 0 saturated carbocycles. The van der Waals surface area contributed by atoms with Gasteiger partial charge < -0.3 is 9.84 Å². The minimum absolute atomic E-state index is 0.549. The Bertz CT molecular complexity index is 486. The number of carboxylic acid groups (broad SMARTS) is 1. The van der Waals surface area contributed by atoms with E-state index in [2.05, 4.69) is 0 Å². The van der Waals surface area contributed by atoms with Crippen LogP contribution in [0.2, 0.25) is 0 Å². The summed E-state index contributed by atoms with van der Waals surface area (Å²) in [6, 6.07) is 5.83. The summed E-state index contributed by atoms with van der Waals surface area (Å²) >= 11 is 0. The van der Waals surface area contributed by atoms with Crippen molar-refractivity contribution in [2.45, 2.75) is 26.2 Å². The zero-order valence-corrected chi connectivity index (χ0v) is 10.1. The van der Waals surface area contributed by atoms with Crippen LogP contribution in [-0.2, 0) is 11.2 Å². The van der Waals surface area contributed by atoms with Crippen LogP contribution < -0.4 is 4.74 Å². The number of ether oxygens (including phenoxy) is 1. The third kappa shape index (κ3) is 1.93. The van der Waals surface area contributed by atoms with Crippen molar-refractivity contribution in [3.05, 3.63) is 34.9 Å². The lowest BCUT2D eigenvalue weighted by Crippen LogP contribution is -2.12. The minimum Gasteiger partial charge on any atom is -0.496 e. The lowest BCUT2D eigenvalue weighted by atomic mass is 9.84. The molecule has 90 valence electrons. The van der Waals surface area contributed by atoms with E-state index in [0.717, 1.165) is 35.3 Å². The highest BCUT2D eigenvalue weighted by atomic mass is 16.5. The van der Waals surface area contributed by atoms with Gasteiger partial charge in [-0.15, -0.1) is 0 Å². The molecule has 1 aromatic rings. The summed E-state index contributed by atoms with van der Waals surface area (Å²) in [6.45, 7) is 1.99. The van der Waals surface area contributed by atoms with Crippen molar-refractivity contribution < 1.29 is 14.6 Å². The number of methoxy groups -OCH3 is 1. The van der Waals surface area contributed by atoms with Crippen LogP contribution in [0.1, 0.15) is 30.9 Å². The molecule has 0 radical (unpaired) electrons. The molecule has 0 fully saturated rings. The van der Waals surface area contributed by atoms with E-state index >= 15 is 0 Å². The average Bonchev–Trinajstić information content (AvgIpc) is 2.36. The van der Waals surface area contributed by atoms with Gasteiger partial charge in [0.05, 0.1) is 7.11 Å². The van der Waals surface area contributed by atoms with Crippen molar-refractivity contribution >= 4 is 11.5 Å². The first-order valence-electron chi connectivity index (χ1n) is 5.80. The molecule has 0 heterocycles. The van der Waals surface area contributed by atoms with Crippen molar-refractivity contribution in [2.24, 2.45) is 0 Å². The molecule has 0 saturated heterocycles. The van der Waals surface area contributed by atoms with Gasteiger partial charge in [-0.25, -0.2) is 4.79 Å². The Labute approximate surface area is 101 Å². The number of benzene rings is 1. The van der Waals surface area contributed by atoms with Gasteiger partial charge in [0.1, 0.15) is 5.75 Å². The molecule has 2 rings (SSSR count). The third-order valence-electron chi connectivity index (χ3n) is 3.28. The van der Waals surface area contributed by atoms with E-state index in [1.54, 1.807) is 7.11 Å². The lowest BCUT2D eigenvalue weighted by molar-refractivity contribution is -0.132. The fourth-order valence-electron chi connectivity index (χ4n) is 2.50. The Balaban J connectivity index is 2.61. The molecule has 0 amide bonds. The van der Waals surface area contributed by atoms with Crippen molar-refractivity contribution in [1.82, 2.24) is 0 Å². The first-order chi connectivity index (χ1) is 8.19. The maximum atomic E-state index is 11.2. The summed E-state index contributed by atoms with van der Waals surface area (Å²) in [5.74, 6) is 0.0632. The van der Waals surface area contributed by atoms with Gasteiger partial charge in [-0.2, -0.15) is 0 Å². The van der Waals surface area contributed by atoms with Gasteiger partial charge in [-0.05, 0) is 36.5 Å². The molecule has 3 nitrogen and oxygen atoms in total. The van der Waals surface area contributed by atoms with Crippen LogP contribution >= 0.6 is 0 Å². The molecule has 1 aliphatic carbocycles. The maximum Gasteiger partial charge on any atom is 0.331 e. The van der Waals surface area contributed by atoms with Crippen molar-refractivity contribution in [3.63, 3.8) is 0 Å². The van der Waals surface area contributed by atoms with E-state index in [1.807, 2.05) is 25.1 Å². The standard InChI is InChI=1S/C14H16O3/c1-3-9-10-5-4-6-13(17-2)11(10)7-8-12(9)14(15)16/h4-6H,3,7-8H2,1-2H3,(H,15,16). The Morgan fingerprint density at radius 1 is 1.41 bits per heavy atom. The second-order valence-electron chi connectivity index (χ2n) is 4.10. The highest BCUT2D eigenvalue weighted by Gasteiger charge is 2.23. The smallest absolute Gasteiger partial charge is 0.331 e. The van der Waals surface area contributed by atoms with E-state index < -0.39 is 5.97 Å². The molecule has 0 spiro atoms. The SMILES string of the molecule is CCC1=C(C(=O)O)CCc2c(OC)cccc21. The molecule has 0 atom stereocenters. The Kier molecular flexibility index (Phi) is 3.18. The zero-order valence-electron chi connectivity index (χ0n) is 10.1. The van der Waals surface area contributed by atoms with E-state index in [-0.39, 0.29) is 0 Å². The average molecular weight is 232 g/mol. The molecule has 0 aliphatic heterocycles. The largest absolute Gasteiger partial charge is 0.496 e. The summed E-state index contributed by atoms with van der Waals surface area (Å²) in [6.07, 6.45) is 2.07. The second-order valence-corrected chi connectivity index (χ2v) is 4.10. The molecular weight excluding hydrogens is 216 g/mol. The summed E-state index contributed by atoms with van der Waals surface area (Å²) < 4.78 is 5.33. The lowest BCUT2D eigenvalue weighted by Gasteiger charge is -2.22. The third-order valence-corrected chi connectivity index (χ3v) is 3.28. The Morgan fingerprint density at radius 3 is 2.76 bits per heavy atom. The van der Waals surface area contributed by atoms with Gasteiger partial charge in [0.2, 0.25) is 0 Å². The van der Waals surface area contributed by atoms with Crippen LogP contribution in [0.4, 0.5) is 0 Å². The summed E-state index contributed by atoms with van der Waals surface area (Å²) in [5, 5.41) is 9.20. The van der Waals surface area contributed by atoms with E-state index in [0.29, 0.717) is 12.0 Å². The van der Waals surface area contributed by atoms with Crippen LogP contribution in [0.15, 0.2) is 23.8 Å². The summed E-state index contributed by atoms with van der Waals surface area (Å²) in [5.41, 5.74) is 3.67. The molecule has 3 heteroatoms. The van der Waals surface area contributed by atoms with Crippen molar-refractivity contribution in [3.8, 4) is 5.75 Å². The molecule has 17 heavy (non-hydrogen) atoms. The molecule has 1 aliphatic rings. The van der Waals surface area contributed by atoms with Crippen LogP contribution in [0.3, 0.4) is 0 Å². The monoisotopic (exact) mass is 232 g/mol. The van der Waals surface area contributed by atoms with Crippen molar-refractivity contribution in [1.29, 1.82) is 0 Å². The Hall–Kier alpha value is -1.77. The van der Waals surface area contributed by atoms with Gasteiger partial charge in [-0.3, -0.25) is 0 Å². The summed E-state index contributed by atoms with van der Waals surface area (Å²) in [7, 11) is 1.65. The van der Waals surface area contributed by atoms with Crippen LogP contribution in [-0.4, -0.2) is 18.2 Å². The first-order valence-corrected chi connectivity index (χ1v) is 5.80. The van der Waals surface area contributed by atoms with E-state index in [1.165, 1.54) is 0 Å². The maximum absolute atomic E-state index is 11.2. The molecule has 1 N–H and O–H groups in total. The van der Waals surface area contributed by atoms with E-state index in [9.17, 15) is 9.90 Å². The van der Waals surface area contributed by atoms with Crippen LogP contribution in [0, 0.1) is 0 Å². The number of fused-ring (bicyclic) bond motifs is 1. The van der Waals surface area contributed by atoms with Gasteiger partial charge >= 0.3 is 5.97 Å². The Morgan fingerprint density at radius 2 is 2.18 bits per heavy atom. The zero-order chi connectivity index (χ0) is 12.4. The van der Waals surface area contributed by atoms with Gasteiger partial charge in [0, 0.05) is 11.1 Å². The first kappa shape index (κ1) is 11.7. The second kappa shape index (κ2) is 4.62. The van der Waals surface area contributed by atoms with Gasteiger partial charge in [-0.1, -0.05) is 19.1 Å². The van der Waals surface area contributed by atoms with Crippen LogP contribution in [0.5, 0.6) is 5.75 Å². The number of rotatable bonds is 3. The van der Waals surface area contributed by atoms with Gasteiger partial charge in [0.25, 0.3) is 0 Å². The molecule has 0 unspecified atom stereocenters. The highest BCUT2D eigenvalue weighted by Crippen LogP contribution is 2.37. The van der Waals surface area contributed by atoms with Gasteiger partial charge in [0.15, 0.2) is 0 Å². The number of aliphatic carboxylic acids is 1. The van der Waals surface area contributed by atoms with Crippen LogP contribution in [0.25, 0.3) is 5.57 Å². The fraction of sp³-hybridized carbons (Fsp3) is 0.357. The number of allylic oxidation sites excluding steroid dienone is 1. The normalized spacial score (nSPS) is 14.5. The predicted octanol–water partition coefficient (Wildman–Crippen LogP) is 2.89. The quantitative estimate of drug-likeness (QED) is 0.871. The highest BCUT2D eigenvalue weighted by molar-refractivity contribution is 5.98. The number of carbonyl (C=O) groups is 1. The molecule has 0 aromatic heterocycles. The minimum atomic E-state index is -0.796. The summed E-state index contributed by atoms with van der Waals surface area (Å²) in [4.78, 5) is 11.2. The molecular formula is C14H16O3. The fourth-order valence-corrected chi connectivity index (χ4v) is 2.50. The molecule has 0 bridgehead atoms. The topological polar surface area (TPSA) is 46.5 Å². The number of hydrogen-bond acceptors (Lipinski definition) is 2. The molecule has 1 aromatic carbocycles. The number of hydrogen-bond donors (Lipinski definition) is 1. The van der Waals surface area contributed by atoms with E-state index in [4.69, 9.17) is 4.74 Å². The van der Waals surface area contributed by atoms with Crippen molar-refractivity contribution in [2.75, 3.05) is 7.11 Å². The number of carboxylic acids is 1.